The highest BCUT2D eigenvalue weighted by atomic mass is 16.6. The molecule has 0 spiro atoms. The molecule has 1 aliphatic heterocycles. The Labute approximate surface area is 147 Å². The Bertz CT molecular complexity index is 616. The Balaban J connectivity index is 2.08. The predicted octanol–water partition coefficient (Wildman–Crippen LogP) is 1.94. The number of aliphatic hydroxyl groups excluding tert-OH is 1. The first-order valence-electron chi connectivity index (χ1n) is 8.11. The van der Waals surface area contributed by atoms with E-state index in [1.807, 2.05) is 30.3 Å². The summed E-state index contributed by atoms with van der Waals surface area (Å²) in [6.45, 7) is 7.46. The lowest BCUT2D eigenvalue weighted by atomic mass is 9.99. The van der Waals surface area contributed by atoms with Crippen molar-refractivity contribution in [2.75, 3.05) is 19.8 Å². The third-order valence-electron chi connectivity index (χ3n) is 3.99. The van der Waals surface area contributed by atoms with Gasteiger partial charge in [0.25, 0.3) is 0 Å². The highest BCUT2D eigenvalue weighted by Crippen LogP contribution is 2.22. The van der Waals surface area contributed by atoms with Gasteiger partial charge in [0.15, 0.2) is 0 Å². The molecular formula is C19H23NO5. The van der Waals surface area contributed by atoms with E-state index in [2.05, 4.69) is 13.2 Å². The van der Waals surface area contributed by atoms with Gasteiger partial charge in [-0.25, -0.2) is 9.69 Å². The van der Waals surface area contributed by atoms with Crippen LogP contribution in [0, 0.1) is 5.92 Å². The van der Waals surface area contributed by atoms with Crippen molar-refractivity contribution in [2.24, 2.45) is 5.92 Å². The lowest BCUT2D eigenvalue weighted by molar-refractivity contribution is -0.136. The highest BCUT2D eigenvalue weighted by Gasteiger charge is 2.41. The van der Waals surface area contributed by atoms with Gasteiger partial charge in [0, 0.05) is 0 Å². The zero-order valence-corrected chi connectivity index (χ0v) is 14.0. The molecule has 1 fully saturated rings. The molecule has 134 valence electrons. The maximum Gasteiger partial charge on any atom is 0.417 e. The van der Waals surface area contributed by atoms with Crippen molar-refractivity contribution >= 4 is 12.0 Å². The summed E-state index contributed by atoms with van der Waals surface area (Å²) < 4.78 is 10.2. The maximum absolute atomic E-state index is 12.8. The maximum atomic E-state index is 12.8. The SMILES string of the molecule is C=CCOC[C@@H](O)C(C=C)C(=O)N1C(=O)OCC1Cc1ccccc1. The van der Waals surface area contributed by atoms with Crippen LogP contribution in [0.2, 0.25) is 0 Å². The van der Waals surface area contributed by atoms with Crippen molar-refractivity contribution in [3.8, 4) is 0 Å². The molecule has 1 saturated heterocycles. The number of cyclic esters (lactones) is 1. The Morgan fingerprint density at radius 3 is 2.76 bits per heavy atom. The van der Waals surface area contributed by atoms with Crippen LogP contribution in [0.5, 0.6) is 0 Å². The number of hydrogen-bond acceptors (Lipinski definition) is 5. The molecule has 1 aliphatic rings. The van der Waals surface area contributed by atoms with E-state index >= 15 is 0 Å². The predicted molar refractivity (Wildman–Crippen MR) is 92.8 cm³/mol. The molecule has 0 radical (unpaired) electrons. The Morgan fingerprint density at radius 1 is 1.40 bits per heavy atom. The van der Waals surface area contributed by atoms with Crippen LogP contribution in [0.1, 0.15) is 5.56 Å². The summed E-state index contributed by atoms with van der Waals surface area (Å²) in [6.07, 6.45) is 1.57. The van der Waals surface area contributed by atoms with Gasteiger partial charge in [-0.15, -0.1) is 13.2 Å². The van der Waals surface area contributed by atoms with Gasteiger partial charge in [0.05, 0.1) is 31.3 Å². The van der Waals surface area contributed by atoms with Crippen LogP contribution in [0.15, 0.2) is 55.6 Å². The average molecular weight is 345 g/mol. The Hall–Kier alpha value is -2.44. The fourth-order valence-electron chi connectivity index (χ4n) is 2.73. The highest BCUT2D eigenvalue weighted by molar-refractivity contribution is 5.95. The summed E-state index contributed by atoms with van der Waals surface area (Å²) in [5.41, 5.74) is 0.994. The number of aliphatic hydroxyl groups is 1. The number of benzene rings is 1. The summed E-state index contributed by atoms with van der Waals surface area (Å²) >= 11 is 0. The Morgan fingerprint density at radius 2 is 2.12 bits per heavy atom. The molecule has 0 aromatic heterocycles. The Kier molecular flexibility index (Phi) is 6.91. The van der Waals surface area contributed by atoms with Crippen LogP contribution in [0.3, 0.4) is 0 Å². The van der Waals surface area contributed by atoms with Gasteiger partial charge in [-0.2, -0.15) is 0 Å². The normalized spacial score (nSPS) is 19.2. The number of carbonyl (C=O) groups excluding carboxylic acids is 2. The monoisotopic (exact) mass is 345 g/mol. The second-order valence-electron chi connectivity index (χ2n) is 5.78. The molecule has 25 heavy (non-hydrogen) atoms. The van der Waals surface area contributed by atoms with Crippen molar-refractivity contribution in [3.05, 3.63) is 61.2 Å². The third kappa shape index (κ3) is 4.78. The van der Waals surface area contributed by atoms with E-state index in [0.29, 0.717) is 6.42 Å². The number of hydrogen-bond donors (Lipinski definition) is 1. The van der Waals surface area contributed by atoms with E-state index < -0.39 is 30.1 Å². The fourth-order valence-corrected chi connectivity index (χ4v) is 2.73. The summed E-state index contributed by atoms with van der Waals surface area (Å²) in [6, 6.07) is 9.13. The molecule has 2 rings (SSSR count). The number of nitrogens with zero attached hydrogens (tertiary/aromatic N) is 1. The molecule has 0 saturated carbocycles. The number of amides is 2. The van der Waals surface area contributed by atoms with Gasteiger partial charge >= 0.3 is 6.09 Å². The van der Waals surface area contributed by atoms with Crippen LogP contribution < -0.4 is 0 Å². The van der Waals surface area contributed by atoms with Crippen LogP contribution >= 0.6 is 0 Å². The van der Waals surface area contributed by atoms with Crippen LogP contribution in [0.25, 0.3) is 0 Å². The third-order valence-corrected chi connectivity index (χ3v) is 3.99. The summed E-state index contributed by atoms with van der Waals surface area (Å²) in [5, 5.41) is 10.2. The molecule has 6 nitrogen and oxygen atoms in total. The number of ether oxygens (including phenoxy) is 2. The lowest BCUT2D eigenvalue weighted by Gasteiger charge is -2.26. The lowest BCUT2D eigenvalue weighted by Crippen LogP contribution is -2.46. The first-order valence-corrected chi connectivity index (χ1v) is 8.11. The fraction of sp³-hybridized carbons (Fsp3) is 0.368. The van der Waals surface area contributed by atoms with Gasteiger partial charge < -0.3 is 14.6 Å². The van der Waals surface area contributed by atoms with Gasteiger partial charge in [0.2, 0.25) is 5.91 Å². The molecule has 2 amide bonds. The molecule has 0 aliphatic carbocycles. The first-order chi connectivity index (χ1) is 12.1. The average Bonchev–Trinajstić information content (AvgIpc) is 2.97. The second-order valence-corrected chi connectivity index (χ2v) is 5.78. The summed E-state index contributed by atoms with van der Waals surface area (Å²) in [5.74, 6) is -1.48. The second kappa shape index (κ2) is 9.15. The van der Waals surface area contributed by atoms with E-state index in [-0.39, 0.29) is 19.8 Å². The van der Waals surface area contributed by atoms with Gasteiger partial charge in [-0.05, 0) is 12.0 Å². The zero-order chi connectivity index (χ0) is 18.2. The van der Waals surface area contributed by atoms with Crippen molar-refractivity contribution in [2.45, 2.75) is 18.6 Å². The van der Waals surface area contributed by atoms with Gasteiger partial charge in [-0.1, -0.05) is 42.5 Å². The van der Waals surface area contributed by atoms with Crippen LogP contribution in [-0.4, -0.2) is 54.0 Å². The summed E-state index contributed by atoms with van der Waals surface area (Å²) in [7, 11) is 0. The standard InChI is InChI=1S/C19H23NO5/c1-3-10-24-13-17(21)16(4-2)18(22)20-15(12-25-19(20)23)11-14-8-6-5-7-9-14/h3-9,15-17,21H,1-2,10-13H2/t15?,16?,17-/m1/s1. The van der Waals surface area contributed by atoms with Crippen LogP contribution in [-0.2, 0) is 20.7 Å². The molecule has 6 heteroatoms. The minimum atomic E-state index is -1.10. The molecule has 2 unspecified atom stereocenters. The van der Waals surface area contributed by atoms with Crippen molar-refractivity contribution in [1.29, 1.82) is 0 Å². The molecule has 1 heterocycles. The van der Waals surface area contributed by atoms with Crippen molar-refractivity contribution in [1.82, 2.24) is 4.90 Å². The van der Waals surface area contributed by atoms with Crippen molar-refractivity contribution in [3.63, 3.8) is 0 Å². The molecule has 0 bridgehead atoms. The topological polar surface area (TPSA) is 76.1 Å². The van der Waals surface area contributed by atoms with E-state index in [1.54, 1.807) is 6.08 Å². The first kappa shape index (κ1) is 18.9. The number of carbonyl (C=O) groups is 2. The van der Waals surface area contributed by atoms with E-state index in [1.165, 1.54) is 6.08 Å². The smallest absolute Gasteiger partial charge is 0.417 e. The zero-order valence-electron chi connectivity index (χ0n) is 14.0. The molecular weight excluding hydrogens is 322 g/mol. The minimum absolute atomic E-state index is 0.0549. The molecule has 3 atom stereocenters. The largest absolute Gasteiger partial charge is 0.447 e. The molecule has 1 N–H and O–H groups in total. The molecule has 1 aromatic carbocycles. The van der Waals surface area contributed by atoms with E-state index in [4.69, 9.17) is 9.47 Å². The van der Waals surface area contributed by atoms with Crippen molar-refractivity contribution < 1.29 is 24.2 Å². The van der Waals surface area contributed by atoms with Gasteiger partial charge in [0.1, 0.15) is 6.61 Å². The summed E-state index contributed by atoms with van der Waals surface area (Å²) in [4.78, 5) is 25.9. The van der Waals surface area contributed by atoms with Crippen LogP contribution in [0.4, 0.5) is 4.79 Å². The van der Waals surface area contributed by atoms with E-state index in [0.717, 1.165) is 10.5 Å². The quantitative estimate of drug-likeness (QED) is 0.547. The minimum Gasteiger partial charge on any atom is -0.447 e. The molecule has 1 aromatic rings. The van der Waals surface area contributed by atoms with E-state index in [9.17, 15) is 14.7 Å². The number of imide groups is 1. The van der Waals surface area contributed by atoms with Gasteiger partial charge in [-0.3, -0.25) is 4.79 Å². The number of rotatable bonds is 9.